The lowest BCUT2D eigenvalue weighted by atomic mass is 9.71. The van der Waals surface area contributed by atoms with E-state index in [0.29, 0.717) is 5.41 Å². The molecule has 1 aliphatic carbocycles. The molecule has 0 N–H and O–H groups in total. The van der Waals surface area contributed by atoms with Gasteiger partial charge in [-0.05, 0) is 53.6 Å². The maximum Gasteiger partial charge on any atom is -0.0132 e. The van der Waals surface area contributed by atoms with Crippen molar-refractivity contribution in [3.63, 3.8) is 0 Å². The summed E-state index contributed by atoms with van der Waals surface area (Å²) in [5.41, 5.74) is 3.84. The topological polar surface area (TPSA) is 0 Å². The Morgan fingerprint density at radius 2 is 1.44 bits per heavy atom. The lowest BCUT2D eigenvalue weighted by molar-refractivity contribution is 0.224. The van der Waals surface area contributed by atoms with Gasteiger partial charge in [-0.2, -0.15) is 0 Å². The fourth-order valence-corrected chi connectivity index (χ4v) is 2.99. The molecule has 1 aromatic carbocycles. The summed E-state index contributed by atoms with van der Waals surface area (Å²) in [6.07, 6.45) is 5.47. The summed E-state index contributed by atoms with van der Waals surface area (Å²) >= 11 is 0. The van der Waals surface area contributed by atoms with Gasteiger partial charge in [0.2, 0.25) is 0 Å². The number of benzene rings is 1. The zero-order chi connectivity index (χ0) is 13.4. The van der Waals surface area contributed by atoms with Crippen molar-refractivity contribution < 1.29 is 0 Å². The second-order valence-corrected chi connectivity index (χ2v) is 7.81. The fraction of sp³-hybridized carbons (Fsp3) is 0.667. The third-order valence-electron chi connectivity index (χ3n) is 4.59. The molecule has 0 atom stereocenters. The van der Waals surface area contributed by atoms with E-state index >= 15 is 0 Å². The molecule has 1 aliphatic rings. The monoisotopic (exact) mass is 244 g/mol. The Labute approximate surface area is 113 Å². The molecule has 0 nitrogen and oxygen atoms in total. The van der Waals surface area contributed by atoms with Crippen LogP contribution in [0.1, 0.15) is 77.3 Å². The van der Waals surface area contributed by atoms with E-state index in [2.05, 4.69) is 58.9 Å². The van der Waals surface area contributed by atoms with Crippen LogP contribution in [0.5, 0.6) is 0 Å². The molecule has 100 valence electrons. The first kappa shape index (κ1) is 13.6. The van der Waals surface area contributed by atoms with E-state index < -0.39 is 0 Å². The van der Waals surface area contributed by atoms with Crippen LogP contribution in [0.3, 0.4) is 0 Å². The molecule has 0 saturated heterocycles. The summed E-state index contributed by atoms with van der Waals surface area (Å²) in [5.74, 6) is 0.798. The molecule has 0 aliphatic heterocycles. The van der Waals surface area contributed by atoms with Crippen molar-refractivity contribution in [3.8, 4) is 0 Å². The highest BCUT2D eigenvalue weighted by atomic mass is 14.3. The first-order valence-electron chi connectivity index (χ1n) is 7.38. The van der Waals surface area contributed by atoms with Crippen LogP contribution in [0, 0.1) is 5.41 Å². The zero-order valence-corrected chi connectivity index (χ0v) is 12.7. The molecule has 0 radical (unpaired) electrons. The third-order valence-corrected chi connectivity index (χ3v) is 4.59. The predicted molar refractivity (Wildman–Crippen MR) is 80.1 cm³/mol. The zero-order valence-electron chi connectivity index (χ0n) is 12.7. The molecule has 0 unspecified atom stereocenters. The average molecular weight is 244 g/mol. The van der Waals surface area contributed by atoms with Crippen LogP contribution in [0.15, 0.2) is 24.3 Å². The van der Waals surface area contributed by atoms with Gasteiger partial charge in [0.05, 0.1) is 0 Å². The van der Waals surface area contributed by atoms with Crippen molar-refractivity contribution in [1.29, 1.82) is 0 Å². The Morgan fingerprint density at radius 1 is 0.944 bits per heavy atom. The van der Waals surface area contributed by atoms with Gasteiger partial charge in [0.15, 0.2) is 0 Å². The quantitative estimate of drug-likeness (QED) is 0.597. The summed E-state index contributed by atoms with van der Waals surface area (Å²) < 4.78 is 0. The summed E-state index contributed by atoms with van der Waals surface area (Å²) in [6, 6.07) is 9.39. The van der Waals surface area contributed by atoms with Gasteiger partial charge in [0.25, 0.3) is 0 Å². The molecule has 1 fully saturated rings. The molecule has 1 saturated carbocycles. The molecule has 1 aromatic rings. The van der Waals surface area contributed by atoms with Gasteiger partial charge in [-0.15, -0.1) is 0 Å². The number of hydrogen-bond donors (Lipinski definition) is 0. The predicted octanol–water partition coefficient (Wildman–Crippen LogP) is 5.67. The highest BCUT2D eigenvalue weighted by Crippen LogP contribution is 2.42. The van der Waals surface area contributed by atoms with Gasteiger partial charge in [-0.1, -0.05) is 58.9 Å². The second-order valence-electron chi connectivity index (χ2n) is 7.81. The Morgan fingerprint density at radius 3 is 1.89 bits per heavy atom. The molecule has 0 spiro atoms. The van der Waals surface area contributed by atoms with Crippen LogP contribution in [-0.4, -0.2) is 0 Å². The van der Waals surface area contributed by atoms with Gasteiger partial charge < -0.3 is 0 Å². The Hall–Kier alpha value is -0.780. The highest BCUT2D eigenvalue weighted by molar-refractivity contribution is 5.29. The summed E-state index contributed by atoms with van der Waals surface area (Å²) in [6.45, 7) is 11.7. The first-order chi connectivity index (χ1) is 8.28. The van der Waals surface area contributed by atoms with E-state index in [1.807, 2.05) is 0 Å². The molecule has 0 heteroatoms. The van der Waals surface area contributed by atoms with Crippen LogP contribution in [0.4, 0.5) is 0 Å². The fourth-order valence-electron chi connectivity index (χ4n) is 2.99. The van der Waals surface area contributed by atoms with E-state index in [-0.39, 0.29) is 5.41 Å². The maximum absolute atomic E-state index is 2.41. The van der Waals surface area contributed by atoms with E-state index in [1.165, 1.54) is 31.2 Å². The van der Waals surface area contributed by atoms with Crippen LogP contribution < -0.4 is 0 Å². The first-order valence-corrected chi connectivity index (χ1v) is 7.38. The minimum atomic E-state index is 0.271. The van der Waals surface area contributed by atoms with E-state index in [1.54, 1.807) is 5.56 Å². The van der Waals surface area contributed by atoms with Crippen LogP contribution >= 0.6 is 0 Å². The van der Waals surface area contributed by atoms with E-state index in [0.717, 1.165) is 5.92 Å². The minimum absolute atomic E-state index is 0.271. The molecular formula is C18H28. The number of rotatable bonds is 1. The lowest BCUT2D eigenvalue weighted by Gasteiger charge is -2.34. The van der Waals surface area contributed by atoms with Gasteiger partial charge in [0, 0.05) is 0 Å². The highest BCUT2D eigenvalue weighted by Gasteiger charge is 2.27. The largest absolute Gasteiger partial charge is 0.0599 e. The standard InChI is InChI=1S/C18H28/c1-17(2,3)16-8-6-14(7-9-16)15-10-12-18(4,5)13-11-15/h6-9,15H,10-13H2,1-5H3. The third kappa shape index (κ3) is 3.16. The molecule has 2 rings (SSSR count). The van der Waals surface area contributed by atoms with Gasteiger partial charge in [0.1, 0.15) is 0 Å². The van der Waals surface area contributed by atoms with Crippen LogP contribution in [-0.2, 0) is 5.41 Å². The van der Waals surface area contributed by atoms with Crippen molar-refractivity contribution >= 4 is 0 Å². The molecule has 18 heavy (non-hydrogen) atoms. The summed E-state index contributed by atoms with van der Waals surface area (Å²) in [4.78, 5) is 0. The average Bonchev–Trinajstić information content (AvgIpc) is 2.28. The molecule has 0 aromatic heterocycles. The SMILES string of the molecule is CC1(C)CCC(c2ccc(C(C)(C)C)cc2)CC1. The molecule has 0 amide bonds. The molecular weight excluding hydrogens is 216 g/mol. The van der Waals surface area contributed by atoms with Crippen molar-refractivity contribution in [3.05, 3.63) is 35.4 Å². The van der Waals surface area contributed by atoms with Gasteiger partial charge in [-0.3, -0.25) is 0 Å². The maximum atomic E-state index is 2.41. The Kier molecular flexibility index (Phi) is 3.58. The Bertz CT molecular complexity index is 379. The van der Waals surface area contributed by atoms with Crippen molar-refractivity contribution in [1.82, 2.24) is 0 Å². The van der Waals surface area contributed by atoms with E-state index in [4.69, 9.17) is 0 Å². The van der Waals surface area contributed by atoms with Crippen LogP contribution in [0.25, 0.3) is 0 Å². The smallest absolute Gasteiger partial charge is 0.0132 e. The van der Waals surface area contributed by atoms with E-state index in [9.17, 15) is 0 Å². The van der Waals surface area contributed by atoms with Crippen molar-refractivity contribution in [2.75, 3.05) is 0 Å². The number of hydrogen-bond acceptors (Lipinski definition) is 0. The molecule has 0 heterocycles. The van der Waals surface area contributed by atoms with Gasteiger partial charge >= 0.3 is 0 Å². The summed E-state index contributed by atoms with van der Waals surface area (Å²) in [5, 5.41) is 0. The normalized spacial score (nSPS) is 20.9. The van der Waals surface area contributed by atoms with Crippen molar-refractivity contribution in [2.24, 2.45) is 5.41 Å². The minimum Gasteiger partial charge on any atom is -0.0599 e. The lowest BCUT2D eigenvalue weighted by Crippen LogP contribution is -2.20. The van der Waals surface area contributed by atoms with Gasteiger partial charge in [-0.25, -0.2) is 0 Å². The van der Waals surface area contributed by atoms with Crippen molar-refractivity contribution in [2.45, 2.75) is 71.6 Å². The second kappa shape index (κ2) is 4.72. The summed E-state index contributed by atoms with van der Waals surface area (Å²) in [7, 11) is 0. The Balaban J connectivity index is 2.07. The van der Waals surface area contributed by atoms with Crippen LogP contribution in [0.2, 0.25) is 0 Å². The molecule has 0 bridgehead atoms.